The van der Waals surface area contributed by atoms with Crippen molar-refractivity contribution < 1.29 is 19.0 Å². The summed E-state index contributed by atoms with van der Waals surface area (Å²) >= 11 is 5.88. The fourth-order valence-electron chi connectivity index (χ4n) is 4.09. The number of hydrogen-bond donors (Lipinski definition) is 1. The molecule has 2 aliphatic rings. The second-order valence-electron chi connectivity index (χ2n) is 7.81. The van der Waals surface area contributed by atoms with Gasteiger partial charge in [0.15, 0.2) is 11.0 Å². The number of likely N-dealkylation sites (tertiary alicyclic amines) is 1. The fourth-order valence-corrected chi connectivity index (χ4v) is 4.23. The van der Waals surface area contributed by atoms with Crippen LogP contribution in [0.2, 0.25) is 5.15 Å². The summed E-state index contributed by atoms with van der Waals surface area (Å²) < 4.78 is 20.6. The van der Waals surface area contributed by atoms with Gasteiger partial charge in [-0.2, -0.15) is 9.97 Å². The van der Waals surface area contributed by atoms with Crippen molar-refractivity contribution in [3.63, 3.8) is 0 Å². The summed E-state index contributed by atoms with van der Waals surface area (Å²) in [5.74, 6) is -0.257. The zero-order chi connectivity index (χ0) is 21.4. The largest absolute Gasteiger partial charge is 0.465 e. The van der Waals surface area contributed by atoms with E-state index in [0.29, 0.717) is 37.4 Å². The molecule has 2 aliphatic heterocycles. The molecule has 2 unspecified atom stereocenters. The lowest BCUT2D eigenvalue weighted by Crippen LogP contribution is -2.53. The third-order valence-corrected chi connectivity index (χ3v) is 6.11. The molecule has 2 fully saturated rings. The van der Waals surface area contributed by atoms with Gasteiger partial charge in [0.25, 0.3) is 0 Å². The van der Waals surface area contributed by atoms with Crippen LogP contribution in [0.5, 0.6) is 6.01 Å². The third-order valence-electron chi connectivity index (χ3n) is 5.85. The Balaban J connectivity index is 1.68. The summed E-state index contributed by atoms with van der Waals surface area (Å²) in [6.07, 6.45) is 2.62. The maximum Gasteiger partial charge on any atom is 0.407 e. The molecule has 4 heterocycles. The molecule has 0 aliphatic carbocycles. The Morgan fingerprint density at radius 3 is 2.83 bits per heavy atom. The molecule has 4 rings (SSSR count). The van der Waals surface area contributed by atoms with Crippen LogP contribution >= 0.6 is 11.6 Å². The van der Waals surface area contributed by atoms with Crippen molar-refractivity contribution in [1.82, 2.24) is 24.8 Å². The molecule has 162 valence electrons. The lowest BCUT2D eigenvalue weighted by molar-refractivity contribution is 0.136. The predicted molar refractivity (Wildman–Crippen MR) is 110 cm³/mol. The van der Waals surface area contributed by atoms with Gasteiger partial charge < -0.3 is 24.5 Å². The zero-order valence-corrected chi connectivity index (χ0v) is 17.6. The van der Waals surface area contributed by atoms with Crippen molar-refractivity contribution in [1.29, 1.82) is 0 Å². The number of amides is 1. The molecule has 0 saturated carbocycles. The molecule has 2 atom stereocenters. The number of ether oxygens (including phenoxy) is 1. The molecule has 2 saturated heterocycles. The second-order valence-corrected chi connectivity index (χ2v) is 8.17. The molecule has 0 bridgehead atoms. The third kappa shape index (κ3) is 3.93. The Bertz CT molecular complexity index is 964. The van der Waals surface area contributed by atoms with Gasteiger partial charge in [0.1, 0.15) is 17.9 Å². The van der Waals surface area contributed by atoms with Gasteiger partial charge in [-0.15, -0.1) is 0 Å². The van der Waals surface area contributed by atoms with Crippen molar-refractivity contribution in [3.8, 4) is 6.01 Å². The van der Waals surface area contributed by atoms with Crippen LogP contribution in [0.15, 0.2) is 6.20 Å². The number of rotatable bonds is 4. The normalized spacial score (nSPS) is 22.7. The summed E-state index contributed by atoms with van der Waals surface area (Å²) in [4.78, 5) is 29.6. The number of nitrogens with zero attached hydrogens (tertiary/aromatic N) is 6. The van der Waals surface area contributed by atoms with Gasteiger partial charge in [-0.05, 0) is 33.4 Å². The number of likely N-dealkylation sites (N-methyl/N-ethyl adjacent to an activating group) is 1. The highest BCUT2D eigenvalue weighted by Crippen LogP contribution is 2.32. The summed E-state index contributed by atoms with van der Waals surface area (Å²) in [6, 6.07) is 0.170. The number of pyridine rings is 1. The minimum atomic E-state index is -0.960. The first kappa shape index (κ1) is 20.8. The molecular weight excluding hydrogens is 415 g/mol. The summed E-state index contributed by atoms with van der Waals surface area (Å²) in [5, 5.41) is 9.42. The molecular formula is C19H24ClFN6O3. The van der Waals surface area contributed by atoms with Crippen molar-refractivity contribution in [2.24, 2.45) is 0 Å². The molecule has 0 spiro atoms. The highest BCUT2D eigenvalue weighted by Gasteiger charge is 2.30. The van der Waals surface area contributed by atoms with E-state index in [1.165, 1.54) is 11.1 Å². The van der Waals surface area contributed by atoms with E-state index >= 15 is 0 Å². The van der Waals surface area contributed by atoms with Crippen LogP contribution in [0, 0.1) is 5.82 Å². The van der Waals surface area contributed by atoms with Gasteiger partial charge in [-0.3, -0.25) is 0 Å². The van der Waals surface area contributed by atoms with E-state index in [2.05, 4.69) is 19.9 Å². The van der Waals surface area contributed by atoms with E-state index < -0.39 is 11.9 Å². The van der Waals surface area contributed by atoms with Crippen LogP contribution < -0.4 is 9.64 Å². The molecule has 11 heteroatoms. The summed E-state index contributed by atoms with van der Waals surface area (Å²) in [7, 11) is 2.04. The van der Waals surface area contributed by atoms with Crippen molar-refractivity contribution in [3.05, 3.63) is 17.2 Å². The van der Waals surface area contributed by atoms with Crippen molar-refractivity contribution >= 4 is 34.4 Å². The Morgan fingerprint density at radius 1 is 1.37 bits per heavy atom. The van der Waals surface area contributed by atoms with E-state index in [4.69, 9.17) is 16.3 Å². The molecule has 1 amide bonds. The second kappa shape index (κ2) is 8.35. The van der Waals surface area contributed by atoms with Crippen LogP contribution in [-0.2, 0) is 0 Å². The number of anilines is 1. The van der Waals surface area contributed by atoms with Crippen LogP contribution in [-0.4, -0.2) is 87.9 Å². The molecule has 2 aromatic heterocycles. The predicted octanol–water partition coefficient (Wildman–Crippen LogP) is 2.48. The fraction of sp³-hybridized carbons (Fsp3) is 0.579. The number of hydrogen-bond acceptors (Lipinski definition) is 7. The molecule has 30 heavy (non-hydrogen) atoms. The molecule has 0 radical (unpaired) electrons. The van der Waals surface area contributed by atoms with E-state index in [9.17, 15) is 14.3 Å². The Morgan fingerprint density at radius 2 is 2.17 bits per heavy atom. The van der Waals surface area contributed by atoms with Crippen molar-refractivity contribution in [2.75, 3.05) is 44.7 Å². The van der Waals surface area contributed by atoms with Crippen LogP contribution in [0.4, 0.5) is 15.0 Å². The standard InChI is InChI=1S/C19H24ClFN6O3/c1-11-9-26(19(28)29)6-7-27(11)17-13-8-22-16(20)14(21)15(13)23-18(24-17)30-10-12-4-3-5-25(12)2/h8,11-12H,3-7,9-10H2,1-2H3,(H,28,29). The number of carboxylic acid groups (broad SMARTS) is 1. The van der Waals surface area contributed by atoms with Gasteiger partial charge >= 0.3 is 12.1 Å². The number of aromatic nitrogens is 3. The van der Waals surface area contributed by atoms with E-state index in [-0.39, 0.29) is 28.8 Å². The van der Waals surface area contributed by atoms with Crippen LogP contribution in [0.3, 0.4) is 0 Å². The minimum absolute atomic E-state index is 0.0441. The number of piperazine rings is 1. The monoisotopic (exact) mass is 438 g/mol. The maximum atomic E-state index is 14.7. The van der Waals surface area contributed by atoms with E-state index in [0.717, 1.165) is 19.4 Å². The molecule has 9 nitrogen and oxygen atoms in total. The van der Waals surface area contributed by atoms with Crippen LogP contribution in [0.25, 0.3) is 10.9 Å². The number of fused-ring (bicyclic) bond motifs is 1. The number of halogens is 2. The average Bonchev–Trinajstić information content (AvgIpc) is 3.13. The summed E-state index contributed by atoms with van der Waals surface area (Å²) in [5.41, 5.74) is 0.0441. The van der Waals surface area contributed by atoms with E-state index in [1.807, 2.05) is 18.9 Å². The van der Waals surface area contributed by atoms with E-state index in [1.54, 1.807) is 0 Å². The molecule has 1 N–H and O–H groups in total. The minimum Gasteiger partial charge on any atom is -0.465 e. The Kier molecular flexibility index (Phi) is 5.79. The number of carbonyl (C=O) groups is 1. The first-order valence-corrected chi connectivity index (χ1v) is 10.3. The van der Waals surface area contributed by atoms with Gasteiger partial charge in [0.05, 0.1) is 5.39 Å². The summed E-state index contributed by atoms with van der Waals surface area (Å²) in [6.45, 7) is 4.36. The maximum absolute atomic E-state index is 14.7. The first-order chi connectivity index (χ1) is 14.3. The lowest BCUT2D eigenvalue weighted by atomic mass is 10.1. The average molecular weight is 439 g/mol. The lowest BCUT2D eigenvalue weighted by Gasteiger charge is -2.39. The van der Waals surface area contributed by atoms with Crippen LogP contribution in [0.1, 0.15) is 19.8 Å². The quantitative estimate of drug-likeness (QED) is 0.727. The Hall–Kier alpha value is -2.46. The van der Waals surface area contributed by atoms with Gasteiger partial charge in [-0.25, -0.2) is 14.2 Å². The highest BCUT2D eigenvalue weighted by molar-refractivity contribution is 6.30. The van der Waals surface area contributed by atoms with Gasteiger partial charge in [-0.1, -0.05) is 11.6 Å². The highest BCUT2D eigenvalue weighted by atomic mass is 35.5. The van der Waals surface area contributed by atoms with Crippen molar-refractivity contribution in [2.45, 2.75) is 31.8 Å². The molecule has 2 aromatic rings. The Labute approximate surface area is 178 Å². The zero-order valence-electron chi connectivity index (χ0n) is 16.9. The van der Waals surface area contributed by atoms with Gasteiger partial charge in [0.2, 0.25) is 0 Å². The topological polar surface area (TPSA) is 94.9 Å². The molecule has 0 aromatic carbocycles. The smallest absolute Gasteiger partial charge is 0.407 e. The van der Waals surface area contributed by atoms with Gasteiger partial charge in [0, 0.05) is 37.9 Å². The first-order valence-electron chi connectivity index (χ1n) is 9.94. The SMILES string of the molecule is CC1CN(C(=O)O)CCN1c1nc(OCC2CCCN2C)nc2c(F)c(Cl)ncc12.